The number of hydrogen-bond donors (Lipinski definition) is 2. The van der Waals surface area contributed by atoms with E-state index in [0.29, 0.717) is 0 Å². The number of benzene rings is 2. The van der Waals surface area contributed by atoms with E-state index in [-0.39, 0.29) is 17.3 Å². The lowest BCUT2D eigenvalue weighted by Gasteiger charge is -2.14. The molecule has 0 saturated carbocycles. The zero-order valence-electron chi connectivity index (χ0n) is 16.5. The summed E-state index contributed by atoms with van der Waals surface area (Å²) in [5.41, 5.74) is 0.981. The van der Waals surface area contributed by atoms with Gasteiger partial charge in [-0.3, -0.25) is 24.5 Å². The van der Waals surface area contributed by atoms with Crippen molar-refractivity contribution in [3.05, 3.63) is 75.8 Å². The molecule has 0 heterocycles. The van der Waals surface area contributed by atoms with Gasteiger partial charge in [0, 0.05) is 23.7 Å². The van der Waals surface area contributed by atoms with E-state index in [4.69, 9.17) is 4.74 Å². The van der Waals surface area contributed by atoms with Gasteiger partial charge >= 0.3 is 5.97 Å². The molecule has 0 aliphatic rings. The van der Waals surface area contributed by atoms with Crippen molar-refractivity contribution >= 4 is 23.5 Å². The van der Waals surface area contributed by atoms with Crippen LogP contribution in [0.4, 0.5) is 5.69 Å². The third kappa shape index (κ3) is 7.70. The maximum atomic E-state index is 12.0. The van der Waals surface area contributed by atoms with Gasteiger partial charge in [-0.05, 0) is 31.4 Å². The van der Waals surface area contributed by atoms with Crippen LogP contribution in [0, 0.1) is 10.1 Å². The number of esters is 1. The van der Waals surface area contributed by atoms with Crippen LogP contribution in [-0.2, 0) is 20.7 Å². The van der Waals surface area contributed by atoms with Crippen molar-refractivity contribution < 1.29 is 24.0 Å². The van der Waals surface area contributed by atoms with Gasteiger partial charge in [-0.2, -0.15) is 0 Å². The first kappa shape index (κ1) is 22.5. The second-order valence-electron chi connectivity index (χ2n) is 6.64. The molecule has 0 saturated heterocycles. The van der Waals surface area contributed by atoms with E-state index in [2.05, 4.69) is 10.6 Å². The number of carbonyl (C=O) groups excluding carboxylic acids is 3. The molecule has 2 aromatic rings. The maximum absolute atomic E-state index is 12.0. The predicted molar refractivity (Wildman–Crippen MR) is 109 cm³/mol. The molecule has 158 valence electrons. The molecule has 0 radical (unpaired) electrons. The van der Waals surface area contributed by atoms with Crippen molar-refractivity contribution in [3.63, 3.8) is 0 Å². The van der Waals surface area contributed by atoms with Crippen LogP contribution in [0.3, 0.4) is 0 Å². The quantitative estimate of drug-likeness (QED) is 0.348. The number of nitrogens with one attached hydrogen (secondary N) is 2. The molecule has 30 heavy (non-hydrogen) atoms. The number of nitrogens with zero attached hydrogens (tertiary/aromatic N) is 1. The van der Waals surface area contributed by atoms with Gasteiger partial charge in [-0.15, -0.1) is 0 Å². The standard InChI is InChI=1S/C21H23N3O6/c1-15(10-11-16-6-3-2-4-7-16)23-19(25)14-30-20(26)13-22-21(27)17-8-5-9-18(12-17)24(28)29/h2-9,12,15H,10-11,13-14H2,1H3,(H,22,27)(H,23,25)/t15-/m1/s1. The molecule has 2 N–H and O–H groups in total. The Morgan fingerprint density at radius 2 is 1.83 bits per heavy atom. The Morgan fingerprint density at radius 1 is 1.10 bits per heavy atom. The first-order chi connectivity index (χ1) is 14.3. The lowest BCUT2D eigenvalue weighted by Crippen LogP contribution is -2.37. The van der Waals surface area contributed by atoms with E-state index in [1.165, 1.54) is 23.8 Å². The zero-order valence-corrected chi connectivity index (χ0v) is 16.5. The smallest absolute Gasteiger partial charge is 0.325 e. The summed E-state index contributed by atoms with van der Waals surface area (Å²) >= 11 is 0. The van der Waals surface area contributed by atoms with Gasteiger partial charge in [0.05, 0.1) is 4.92 Å². The normalized spacial score (nSPS) is 11.2. The fourth-order valence-electron chi connectivity index (χ4n) is 2.63. The lowest BCUT2D eigenvalue weighted by atomic mass is 10.1. The number of carbonyl (C=O) groups is 3. The van der Waals surface area contributed by atoms with Crippen LogP contribution < -0.4 is 10.6 Å². The number of hydrogen-bond acceptors (Lipinski definition) is 6. The van der Waals surface area contributed by atoms with E-state index in [0.717, 1.165) is 18.9 Å². The highest BCUT2D eigenvalue weighted by Gasteiger charge is 2.14. The number of nitro benzene ring substituents is 1. The Bertz CT molecular complexity index is 901. The second kappa shape index (κ2) is 11.3. The molecule has 0 aliphatic carbocycles. The average molecular weight is 413 g/mol. The van der Waals surface area contributed by atoms with Crippen molar-refractivity contribution in [3.8, 4) is 0 Å². The Kier molecular flexibility index (Phi) is 8.49. The molecule has 0 aromatic heterocycles. The minimum absolute atomic E-state index is 0.0435. The van der Waals surface area contributed by atoms with E-state index in [1.54, 1.807) is 0 Å². The topological polar surface area (TPSA) is 128 Å². The summed E-state index contributed by atoms with van der Waals surface area (Å²) < 4.78 is 4.84. The lowest BCUT2D eigenvalue weighted by molar-refractivity contribution is -0.384. The first-order valence-corrected chi connectivity index (χ1v) is 9.36. The molecular weight excluding hydrogens is 390 g/mol. The van der Waals surface area contributed by atoms with Crippen LogP contribution in [0.15, 0.2) is 54.6 Å². The van der Waals surface area contributed by atoms with Crippen LogP contribution in [0.2, 0.25) is 0 Å². The molecule has 0 unspecified atom stereocenters. The number of non-ortho nitro benzene ring substituents is 1. The summed E-state index contributed by atoms with van der Waals surface area (Å²) in [5, 5.41) is 15.8. The Morgan fingerprint density at radius 3 is 2.53 bits per heavy atom. The van der Waals surface area contributed by atoms with E-state index in [9.17, 15) is 24.5 Å². The van der Waals surface area contributed by atoms with E-state index >= 15 is 0 Å². The molecule has 2 amide bonds. The monoisotopic (exact) mass is 413 g/mol. The van der Waals surface area contributed by atoms with Crippen molar-refractivity contribution in [2.24, 2.45) is 0 Å². The average Bonchev–Trinajstić information content (AvgIpc) is 2.75. The van der Waals surface area contributed by atoms with E-state index < -0.39 is 35.9 Å². The van der Waals surface area contributed by atoms with Crippen LogP contribution in [0.5, 0.6) is 0 Å². The number of nitro groups is 1. The fraction of sp³-hybridized carbons (Fsp3) is 0.286. The van der Waals surface area contributed by atoms with Gasteiger partial charge in [0.25, 0.3) is 17.5 Å². The number of rotatable bonds is 10. The highest BCUT2D eigenvalue weighted by atomic mass is 16.6. The first-order valence-electron chi connectivity index (χ1n) is 9.36. The van der Waals surface area contributed by atoms with Crippen LogP contribution in [0.25, 0.3) is 0 Å². The summed E-state index contributed by atoms with van der Waals surface area (Å²) in [7, 11) is 0. The van der Waals surface area contributed by atoms with Crippen LogP contribution in [-0.4, -0.2) is 41.9 Å². The van der Waals surface area contributed by atoms with Crippen LogP contribution >= 0.6 is 0 Å². The van der Waals surface area contributed by atoms with Crippen LogP contribution in [0.1, 0.15) is 29.3 Å². The summed E-state index contributed by atoms with van der Waals surface area (Å²) in [4.78, 5) is 45.7. The third-order valence-corrected chi connectivity index (χ3v) is 4.19. The minimum atomic E-state index is -0.791. The molecule has 1 atom stereocenters. The van der Waals surface area contributed by atoms with E-state index in [1.807, 2.05) is 37.3 Å². The van der Waals surface area contributed by atoms with Crippen molar-refractivity contribution in [2.75, 3.05) is 13.2 Å². The highest BCUT2D eigenvalue weighted by molar-refractivity contribution is 5.96. The number of amides is 2. The Hall–Kier alpha value is -3.75. The van der Waals surface area contributed by atoms with Gasteiger partial charge < -0.3 is 15.4 Å². The Labute approximate surface area is 173 Å². The Balaban J connectivity index is 1.67. The number of ether oxygens (including phenoxy) is 1. The molecule has 9 heteroatoms. The summed E-state index contributed by atoms with van der Waals surface area (Å²) in [6.45, 7) is 0.946. The molecule has 9 nitrogen and oxygen atoms in total. The summed E-state index contributed by atoms with van der Waals surface area (Å²) in [6.07, 6.45) is 1.55. The predicted octanol–water partition coefficient (Wildman–Crippen LogP) is 2.01. The molecule has 2 aromatic carbocycles. The van der Waals surface area contributed by atoms with Gasteiger partial charge in [0.1, 0.15) is 6.54 Å². The molecule has 2 rings (SSSR count). The molecule has 0 bridgehead atoms. The second-order valence-corrected chi connectivity index (χ2v) is 6.64. The SMILES string of the molecule is C[C@H](CCc1ccccc1)NC(=O)COC(=O)CNC(=O)c1cccc([N+](=O)[O-])c1. The minimum Gasteiger partial charge on any atom is -0.454 e. The van der Waals surface area contributed by atoms with Gasteiger partial charge in [0.15, 0.2) is 6.61 Å². The summed E-state index contributed by atoms with van der Waals surface area (Å²) in [5.74, 6) is -1.88. The molecule has 0 aliphatic heterocycles. The number of aryl methyl sites for hydroxylation is 1. The molecular formula is C21H23N3O6. The largest absolute Gasteiger partial charge is 0.454 e. The third-order valence-electron chi connectivity index (χ3n) is 4.19. The molecule has 0 spiro atoms. The molecule has 0 fully saturated rings. The zero-order chi connectivity index (χ0) is 21.9. The van der Waals surface area contributed by atoms with Gasteiger partial charge in [-0.1, -0.05) is 36.4 Å². The van der Waals surface area contributed by atoms with Crippen molar-refractivity contribution in [2.45, 2.75) is 25.8 Å². The summed E-state index contributed by atoms with van der Waals surface area (Å²) in [6, 6.07) is 14.9. The maximum Gasteiger partial charge on any atom is 0.325 e. The van der Waals surface area contributed by atoms with Gasteiger partial charge in [0.2, 0.25) is 0 Å². The highest BCUT2D eigenvalue weighted by Crippen LogP contribution is 2.12. The van der Waals surface area contributed by atoms with Crippen molar-refractivity contribution in [1.29, 1.82) is 0 Å². The van der Waals surface area contributed by atoms with Gasteiger partial charge in [-0.25, -0.2) is 0 Å². The van der Waals surface area contributed by atoms with Crippen molar-refractivity contribution in [1.82, 2.24) is 10.6 Å². The fourth-order valence-corrected chi connectivity index (χ4v) is 2.63.